The maximum absolute atomic E-state index is 9.80. The van der Waals surface area contributed by atoms with Crippen LogP contribution in [0.5, 0.6) is 0 Å². The summed E-state index contributed by atoms with van der Waals surface area (Å²) in [6.45, 7) is 5.37. The summed E-state index contributed by atoms with van der Waals surface area (Å²) in [5, 5.41) is 29.3. The van der Waals surface area contributed by atoms with Crippen LogP contribution in [0.2, 0.25) is 0 Å². The second-order valence-electron chi connectivity index (χ2n) is 11.9. The van der Waals surface area contributed by atoms with Gasteiger partial charge < -0.3 is 10.4 Å². The quantitative estimate of drug-likeness (QED) is 0.201. The number of aliphatic hydroxyl groups excluding tert-OH is 1. The molecule has 0 fully saturated rings. The molecule has 0 spiro atoms. The van der Waals surface area contributed by atoms with Crippen LogP contribution in [0.3, 0.4) is 0 Å². The Morgan fingerprint density at radius 2 is 0.805 bits per heavy atom. The van der Waals surface area contributed by atoms with Crippen molar-refractivity contribution in [2.75, 3.05) is 13.2 Å². The lowest BCUT2D eigenvalue weighted by atomic mass is 9.79. The Balaban J connectivity index is 1.23. The van der Waals surface area contributed by atoms with Crippen molar-refractivity contribution in [1.82, 2.24) is 5.32 Å². The van der Waals surface area contributed by atoms with Gasteiger partial charge in [-0.2, -0.15) is 0 Å². The van der Waals surface area contributed by atoms with Gasteiger partial charge >= 0.3 is 0 Å². The van der Waals surface area contributed by atoms with Crippen molar-refractivity contribution in [3.63, 3.8) is 0 Å². The van der Waals surface area contributed by atoms with Gasteiger partial charge in [0.2, 0.25) is 0 Å². The third kappa shape index (κ3) is 3.79. The molecule has 8 rings (SSSR count). The zero-order valence-electron chi connectivity index (χ0n) is 23.5. The molecular weight excluding hydrogens is 498 g/mol. The minimum atomic E-state index is 0.122. The third-order valence-electron chi connectivity index (χ3n) is 9.59. The summed E-state index contributed by atoms with van der Waals surface area (Å²) in [6, 6.07) is 41.0. The molecule has 0 aromatic heterocycles. The monoisotopic (exact) mass is 531 g/mol. The van der Waals surface area contributed by atoms with Gasteiger partial charge in [0.1, 0.15) is 0 Å². The molecule has 8 aromatic carbocycles. The van der Waals surface area contributed by atoms with Gasteiger partial charge in [-0.15, -0.1) is 0 Å². The normalized spacial score (nSPS) is 14.7. The molecule has 0 bridgehead atoms. The Labute approximate surface area is 239 Å². The molecule has 2 heteroatoms. The van der Waals surface area contributed by atoms with E-state index in [1.807, 2.05) is 0 Å². The van der Waals surface area contributed by atoms with Gasteiger partial charge in [0.25, 0.3) is 0 Å². The second kappa shape index (κ2) is 9.41. The van der Waals surface area contributed by atoms with Crippen LogP contribution in [0.15, 0.2) is 109 Å². The first-order valence-corrected chi connectivity index (χ1v) is 14.8. The van der Waals surface area contributed by atoms with E-state index in [4.69, 9.17) is 0 Å². The fourth-order valence-corrected chi connectivity index (χ4v) is 7.51. The highest BCUT2D eigenvalue weighted by Crippen LogP contribution is 2.40. The Morgan fingerprint density at radius 1 is 0.488 bits per heavy atom. The van der Waals surface area contributed by atoms with E-state index in [9.17, 15) is 5.11 Å². The average Bonchev–Trinajstić information content (AvgIpc) is 3.02. The maximum Gasteiger partial charge on any atom is 0.0556 e. The van der Waals surface area contributed by atoms with E-state index in [1.165, 1.54) is 75.8 Å². The Morgan fingerprint density at radius 3 is 1.15 bits per heavy atom. The minimum Gasteiger partial charge on any atom is -0.395 e. The van der Waals surface area contributed by atoms with Crippen molar-refractivity contribution in [3.8, 4) is 0 Å². The van der Waals surface area contributed by atoms with Gasteiger partial charge in [-0.3, -0.25) is 0 Å². The fourth-order valence-electron chi connectivity index (χ4n) is 7.51. The number of hydrogen-bond acceptors (Lipinski definition) is 2. The minimum absolute atomic E-state index is 0.122. The summed E-state index contributed by atoms with van der Waals surface area (Å²) in [5.41, 5.74) is 2.66. The van der Waals surface area contributed by atoms with E-state index in [0.717, 1.165) is 0 Å². The van der Waals surface area contributed by atoms with Crippen LogP contribution in [0.25, 0.3) is 64.6 Å². The van der Waals surface area contributed by atoms with Gasteiger partial charge in [0.15, 0.2) is 0 Å². The molecule has 2 nitrogen and oxygen atoms in total. The van der Waals surface area contributed by atoms with Crippen molar-refractivity contribution < 1.29 is 5.11 Å². The predicted molar refractivity (Wildman–Crippen MR) is 176 cm³/mol. The molecule has 0 saturated heterocycles. The smallest absolute Gasteiger partial charge is 0.0556 e. The molecule has 0 amide bonds. The molecule has 8 aromatic rings. The standard InChI is InChI=1S/C39H33NO/c1-23(33-19-29-13-9-25-5-3-6-26-10-14-30(20-33)37(29)35(25)26)39(40-17-18-41)24(2)34-21-31-15-11-27-7-4-8-28-12-16-32(22-34)38(31)36(27)28/h3-16,19-24,39-41H,17-18H2,1-2H3. The Bertz CT molecular complexity index is 1910. The lowest BCUT2D eigenvalue weighted by molar-refractivity contribution is 0.273. The molecule has 2 unspecified atom stereocenters. The molecule has 0 aliphatic heterocycles. The van der Waals surface area contributed by atoms with Gasteiger partial charge in [-0.05, 0) is 87.6 Å². The van der Waals surface area contributed by atoms with E-state index in [2.05, 4.69) is 128 Å². The van der Waals surface area contributed by atoms with Crippen molar-refractivity contribution in [1.29, 1.82) is 0 Å². The van der Waals surface area contributed by atoms with Crippen molar-refractivity contribution in [2.45, 2.75) is 31.7 Å². The SMILES string of the molecule is CC(c1cc2ccc3cccc4ccc(c1)c2c34)C(NCCO)C(C)c1cc2ccc3cccc4ccc(c1)c2c34. The van der Waals surface area contributed by atoms with E-state index < -0.39 is 0 Å². The third-order valence-corrected chi connectivity index (χ3v) is 9.59. The topological polar surface area (TPSA) is 32.3 Å². The second-order valence-corrected chi connectivity index (χ2v) is 11.9. The maximum atomic E-state index is 9.80. The fraction of sp³-hybridized carbons (Fsp3) is 0.179. The number of nitrogens with one attached hydrogen (secondary N) is 1. The highest BCUT2D eigenvalue weighted by Gasteiger charge is 2.27. The molecule has 0 aliphatic rings. The largest absolute Gasteiger partial charge is 0.395 e. The molecular formula is C39H33NO. The molecule has 2 N–H and O–H groups in total. The van der Waals surface area contributed by atoms with Crippen molar-refractivity contribution in [2.24, 2.45) is 0 Å². The van der Waals surface area contributed by atoms with Crippen LogP contribution in [-0.2, 0) is 0 Å². The first kappa shape index (κ1) is 24.5. The van der Waals surface area contributed by atoms with Crippen LogP contribution < -0.4 is 5.32 Å². The molecule has 0 aliphatic carbocycles. The Hall–Kier alpha value is -4.24. The van der Waals surface area contributed by atoms with Crippen LogP contribution in [0.1, 0.15) is 36.8 Å². The van der Waals surface area contributed by atoms with E-state index in [0.29, 0.717) is 6.54 Å². The van der Waals surface area contributed by atoms with Crippen LogP contribution in [-0.4, -0.2) is 24.3 Å². The molecule has 0 saturated carbocycles. The van der Waals surface area contributed by atoms with Crippen molar-refractivity contribution >= 4 is 64.6 Å². The molecule has 2 atom stereocenters. The molecule has 0 radical (unpaired) electrons. The van der Waals surface area contributed by atoms with Gasteiger partial charge in [0, 0.05) is 12.6 Å². The summed E-state index contributed by atoms with van der Waals surface area (Å²) in [5.74, 6) is 0.480. The van der Waals surface area contributed by atoms with Gasteiger partial charge in [-0.1, -0.05) is 123 Å². The summed E-state index contributed by atoms with van der Waals surface area (Å²) >= 11 is 0. The number of hydrogen-bond donors (Lipinski definition) is 2. The van der Waals surface area contributed by atoms with Crippen LogP contribution >= 0.6 is 0 Å². The zero-order chi connectivity index (χ0) is 27.7. The number of benzene rings is 8. The van der Waals surface area contributed by atoms with E-state index >= 15 is 0 Å². The van der Waals surface area contributed by atoms with Crippen molar-refractivity contribution in [3.05, 3.63) is 120 Å². The summed E-state index contributed by atoms with van der Waals surface area (Å²) in [6.07, 6.45) is 0. The van der Waals surface area contributed by atoms with Crippen LogP contribution in [0.4, 0.5) is 0 Å². The molecule has 41 heavy (non-hydrogen) atoms. The first-order valence-electron chi connectivity index (χ1n) is 14.8. The highest BCUT2D eigenvalue weighted by molar-refractivity contribution is 6.24. The zero-order valence-corrected chi connectivity index (χ0v) is 23.5. The van der Waals surface area contributed by atoms with E-state index in [1.54, 1.807) is 0 Å². The van der Waals surface area contributed by atoms with Gasteiger partial charge in [-0.25, -0.2) is 0 Å². The number of aliphatic hydroxyl groups is 1. The summed E-state index contributed by atoms with van der Waals surface area (Å²) in [7, 11) is 0. The molecule has 0 heterocycles. The summed E-state index contributed by atoms with van der Waals surface area (Å²) in [4.78, 5) is 0. The van der Waals surface area contributed by atoms with Crippen LogP contribution in [0, 0.1) is 0 Å². The average molecular weight is 532 g/mol. The van der Waals surface area contributed by atoms with E-state index in [-0.39, 0.29) is 24.5 Å². The predicted octanol–water partition coefficient (Wildman–Crippen LogP) is 9.34. The highest BCUT2D eigenvalue weighted by atomic mass is 16.3. The first-order chi connectivity index (χ1) is 20.1. The molecule has 200 valence electrons. The Kier molecular flexibility index (Phi) is 5.63. The van der Waals surface area contributed by atoms with Gasteiger partial charge in [0.05, 0.1) is 6.61 Å². The summed E-state index contributed by atoms with van der Waals surface area (Å²) < 4.78 is 0. The lowest BCUT2D eigenvalue weighted by Gasteiger charge is -2.32. The lowest BCUT2D eigenvalue weighted by Crippen LogP contribution is -2.39. The number of rotatable bonds is 7.